The smallest absolute Gasteiger partial charge is 0.274 e. The number of hydrogen-bond donors (Lipinski definition) is 3. The van der Waals surface area contributed by atoms with Gasteiger partial charge in [0, 0.05) is 5.02 Å². The average molecular weight is 281 g/mol. The average Bonchev–Trinajstić information content (AvgIpc) is 2.43. The molecule has 0 saturated carbocycles. The number of carbonyl (C=O) groups excluding carboxylic acids is 1. The van der Waals surface area contributed by atoms with Crippen molar-refractivity contribution in [1.82, 2.24) is 4.98 Å². The maximum atomic E-state index is 13.5. The monoisotopic (exact) mass is 280 g/mol. The van der Waals surface area contributed by atoms with E-state index in [1.807, 2.05) is 0 Å². The summed E-state index contributed by atoms with van der Waals surface area (Å²) in [4.78, 5) is 15.8. The van der Waals surface area contributed by atoms with Crippen molar-refractivity contribution in [2.24, 2.45) is 5.84 Å². The maximum Gasteiger partial charge on any atom is 0.274 e. The van der Waals surface area contributed by atoms with E-state index in [1.165, 1.54) is 24.3 Å². The summed E-state index contributed by atoms with van der Waals surface area (Å²) in [7, 11) is 0. The minimum atomic E-state index is -0.578. The number of anilines is 2. The Labute approximate surface area is 113 Å². The lowest BCUT2D eigenvalue weighted by molar-refractivity contribution is 0.102. The SMILES string of the molecule is NNc1cccc(C(=O)Nc2cc(Cl)ccc2F)n1. The molecule has 7 heteroatoms. The second kappa shape index (κ2) is 5.64. The van der Waals surface area contributed by atoms with Gasteiger partial charge in [0.2, 0.25) is 0 Å². The molecule has 1 aromatic heterocycles. The van der Waals surface area contributed by atoms with E-state index in [1.54, 1.807) is 12.1 Å². The Balaban J connectivity index is 2.22. The van der Waals surface area contributed by atoms with Crippen molar-refractivity contribution in [3.63, 3.8) is 0 Å². The quantitative estimate of drug-likeness (QED) is 0.596. The Hall–Kier alpha value is -2.18. The largest absolute Gasteiger partial charge is 0.318 e. The molecule has 0 fully saturated rings. The van der Waals surface area contributed by atoms with Crippen LogP contribution in [0.5, 0.6) is 0 Å². The van der Waals surface area contributed by atoms with E-state index in [2.05, 4.69) is 15.7 Å². The van der Waals surface area contributed by atoms with Gasteiger partial charge in [0.25, 0.3) is 5.91 Å². The lowest BCUT2D eigenvalue weighted by Crippen LogP contribution is -2.16. The molecule has 0 spiro atoms. The highest BCUT2D eigenvalue weighted by molar-refractivity contribution is 6.31. The predicted octanol–water partition coefficient (Wildman–Crippen LogP) is 2.41. The first kappa shape index (κ1) is 13.3. The summed E-state index contributed by atoms with van der Waals surface area (Å²) in [5.41, 5.74) is 2.42. The molecule has 19 heavy (non-hydrogen) atoms. The molecular weight excluding hydrogens is 271 g/mol. The summed E-state index contributed by atoms with van der Waals surface area (Å²) in [6.07, 6.45) is 0. The minimum Gasteiger partial charge on any atom is -0.318 e. The molecule has 5 nitrogen and oxygen atoms in total. The molecule has 1 aromatic carbocycles. The Kier molecular flexibility index (Phi) is 3.94. The van der Waals surface area contributed by atoms with Gasteiger partial charge in [0.05, 0.1) is 5.69 Å². The zero-order chi connectivity index (χ0) is 13.8. The molecule has 1 amide bonds. The number of halogens is 2. The summed E-state index contributed by atoms with van der Waals surface area (Å²) < 4.78 is 13.5. The van der Waals surface area contributed by atoms with Gasteiger partial charge in [-0.1, -0.05) is 17.7 Å². The maximum absolute atomic E-state index is 13.5. The first-order valence-electron chi connectivity index (χ1n) is 5.30. The zero-order valence-electron chi connectivity index (χ0n) is 9.65. The highest BCUT2D eigenvalue weighted by Gasteiger charge is 2.11. The van der Waals surface area contributed by atoms with Crippen LogP contribution in [0.2, 0.25) is 5.02 Å². The number of nitrogens with zero attached hydrogens (tertiary/aromatic N) is 1. The van der Waals surface area contributed by atoms with E-state index in [9.17, 15) is 9.18 Å². The Bertz CT molecular complexity index is 620. The number of aromatic nitrogens is 1. The van der Waals surface area contributed by atoms with Crippen LogP contribution in [0.3, 0.4) is 0 Å². The topological polar surface area (TPSA) is 80.0 Å². The van der Waals surface area contributed by atoms with Crippen molar-refractivity contribution in [1.29, 1.82) is 0 Å². The summed E-state index contributed by atoms with van der Waals surface area (Å²) in [6, 6.07) is 8.56. The van der Waals surface area contributed by atoms with Gasteiger partial charge in [-0.05, 0) is 30.3 Å². The first-order valence-corrected chi connectivity index (χ1v) is 5.68. The number of amides is 1. The van der Waals surface area contributed by atoms with E-state index < -0.39 is 11.7 Å². The normalized spacial score (nSPS) is 10.1. The molecule has 2 aromatic rings. The number of carbonyl (C=O) groups is 1. The molecule has 0 saturated heterocycles. The molecule has 0 unspecified atom stereocenters. The number of benzene rings is 1. The molecule has 0 radical (unpaired) electrons. The molecule has 98 valence electrons. The molecule has 4 N–H and O–H groups in total. The second-order valence-corrected chi connectivity index (χ2v) is 4.07. The summed E-state index contributed by atoms with van der Waals surface area (Å²) in [5.74, 6) is 4.39. The number of nitrogen functional groups attached to an aromatic ring is 1. The van der Waals surface area contributed by atoms with Crippen molar-refractivity contribution >= 4 is 29.0 Å². The van der Waals surface area contributed by atoms with Crippen LogP contribution in [0.4, 0.5) is 15.9 Å². The fourth-order valence-corrected chi connectivity index (χ4v) is 1.59. The number of rotatable bonds is 3. The third-order valence-corrected chi connectivity index (χ3v) is 2.54. The molecule has 0 aliphatic heterocycles. The van der Waals surface area contributed by atoms with Gasteiger partial charge in [-0.2, -0.15) is 0 Å². The standard InChI is InChI=1S/C12H10ClFN4O/c13-7-4-5-8(14)10(6-7)17-12(19)9-2-1-3-11(16-9)18-15/h1-6H,15H2,(H,16,18)(H,17,19). The van der Waals surface area contributed by atoms with E-state index in [4.69, 9.17) is 17.4 Å². The van der Waals surface area contributed by atoms with Crippen LogP contribution >= 0.6 is 11.6 Å². The molecule has 0 bridgehead atoms. The molecule has 1 heterocycles. The van der Waals surface area contributed by atoms with E-state index in [-0.39, 0.29) is 11.4 Å². The Morgan fingerprint density at radius 3 is 2.84 bits per heavy atom. The van der Waals surface area contributed by atoms with Crippen molar-refractivity contribution in [2.45, 2.75) is 0 Å². The summed E-state index contributed by atoms with van der Waals surface area (Å²) in [5, 5.41) is 2.71. The molecule has 2 rings (SSSR count). The van der Waals surface area contributed by atoms with Crippen LogP contribution in [-0.2, 0) is 0 Å². The Morgan fingerprint density at radius 1 is 1.32 bits per heavy atom. The third kappa shape index (κ3) is 3.18. The van der Waals surface area contributed by atoms with Crippen LogP contribution in [-0.4, -0.2) is 10.9 Å². The predicted molar refractivity (Wildman–Crippen MR) is 71.4 cm³/mol. The van der Waals surface area contributed by atoms with Gasteiger partial charge < -0.3 is 10.7 Å². The van der Waals surface area contributed by atoms with Crippen molar-refractivity contribution in [3.05, 3.63) is 52.9 Å². The van der Waals surface area contributed by atoms with Crippen LogP contribution in [0.1, 0.15) is 10.5 Å². The van der Waals surface area contributed by atoms with Gasteiger partial charge in [0.1, 0.15) is 17.3 Å². The number of nitrogens with one attached hydrogen (secondary N) is 2. The van der Waals surface area contributed by atoms with Crippen molar-refractivity contribution < 1.29 is 9.18 Å². The van der Waals surface area contributed by atoms with Crippen LogP contribution in [0, 0.1) is 5.82 Å². The zero-order valence-corrected chi connectivity index (χ0v) is 10.4. The van der Waals surface area contributed by atoms with Crippen LogP contribution in [0.15, 0.2) is 36.4 Å². The fourth-order valence-electron chi connectivity index (χ4n) is 1.42. The summed E-state index contributed by atoms with van der Waals surface area (Å²) >= 11 is 5.73. The lowest BCUT2D eigenvalue weighted by Gasteiger charge is -2.07. The molecule has 0 atom stereocenters. The van der Waals surface area contributed by atoms with Crippen molar-refractivity contribution in [3.8, 4) is 0 Å². The summed E-state index contributed by atoms with van der Waals surface area (Å²) in [6.45, 7) is 0. The van der Waals surface area contributed by atoms with E-state index in [0.29, 0.717) is 10.8 Å². The first-order chi connectivity index (χ1) is 9.10. The van der Waals surface area contributed by atoms with Gasteiger partial charge in [0.15, 0.2) is 0 Å². The highest BCUT2D eigenvalue weighted by Crippen LogP contribution is 2.20. The molecular formula is C12H10ClFN4O. The van der Waals surface area contributed by atoms with Gasteiger partial charge in [-0.15, -0.1) is 0 Å². The number of hydrazine groups is 1. The second-order valence-electron chi connectivity index (χ2n) is 3.63. The van der Waals surface area contributed by atoms with Crippen molar-refractivity contribution in [2.75, 3.05) is 10.7 Å². The van der Waals surface area contributed by atoms with E-state index >= 15 is 0 Å². The number of nitrogens with two attached hydrogens (primary N) is 1. The molecule has 0 aliphatic rings. The lowest BCUT2D eigenvalue weighted by atomic mass is 10.2. The Morgan fingerprint density at radius 2 is 2.11 bits per heavy atom. The van der Waals surface area contributed by atoms with Gasteiger partial charge >= 0.3 is 0 Å². The van der Waals surface area contributed by atoms with Crippen LogP contribution < -0.4 is 16.6 Å². The number of pyridine rings is 1. The van der Waals surface area contributed by atoms with Gasteiger partial charge in [-0.25, -0.2) is 15.2 Å². The minimum absolute atomic E-state index is 0.00888. The molecule has 0 aliphatic carbocycles. The fraction of sp³-hybridized carbons (Fsp3) is 0. The van der Waals surface area contributed by atoms with E-state index in [0.717, 1.165) is 0 Å². The third-order valence-electron chi connectivity index (χ3n) is 2.31. The van der Waals surface area contributed by atoms with Gasteiger partial charge in [-0.3, -0.25) is 4.79 Å². The van der Waals surface area contributed by atoms with Crippen LogP contribution in [0.25, 0.3) is 0 Å². The number of hydrogen-bond acceptors (Lipinski definition) is 4. The highest BCUT2D eigenvalue weighted by atomic mass is 35.5.